The zero-order chi connectivity index (χ0) is 16.6. The Morgan fingerprint density at radius 3 is 1.70 bits per heavy atom. The SMILES string of the molecule is NC1CCC(C2CCC(C3CC(F)C(F)C(F)C3)CC2)C(F)C1. The Hall–Kier alpha value is -0.320. The average molecular weight is 335 g/mol. The standard InChI is InChI=1S/C18H29F4N/c19-15-9-13(23)5-6-14(15)11-3-1-10(2-4-11)12-7-16(20)18(22)17(21)8-12/h10-18H,1-9,23H2. The molecule has 3 fully saturated rings. The van der Waals surface area contributed by atoms with Crippen molar-refractivity contribution in [2.75, 3.05) is 0 Å². The van der Waals surface area contributed by atoms with Crippen LogP contribution >= 0.6 is 0 Å². The van der Waals surface area contributed by atoms with Crippen LogP contribution in [0.2, 0.25) is 0 Å². The normalized spacial score (nSPS) is 52.3. The molecule has 3 aliphatic rings. The lowest BCUT2D eigenvalue weighted by Gasteiger charge is -2.42. The molecule has 5 atom stereocenters. The molecule has 0 saturated heterocycles. The monoisotopic (exact) mass is 335 g/mol. The van der Waals surface area contributed by atoms with Gasteiger partial charge in [-0.25, -0.2) is 17.6 Å². The fourth-order valence-corrected chi connectivity index (χ4v) is 5.29. The second kappa shape index (κ2) is 7.28. The molecular weight excluding hydrogens is 306 g/mol. The van der Waals surface area contributed by atoms with E-state index >= 15 is 0 Å². The van der Waals surface area contributed by atoms with Crippen molar-refractivity contribution in [3.63, 3.8) is 0 Å². The number of halogens is 4. The third-order valence-corrected chi connectivity index (χ3v) is 6.70. The van der Waals surface area contributed by atoms with E-state index in [-0.39, 0.29) is 36.6 Å². The van der Waals surface area contributed by atoms with Gasteiger partial charge in [-0.15, -0.1) is 0 Å². The van der Waals surface area contributed by atoms with Gasteiger partial charge in [0.2, 0.25) is 0 Å². The van der Waals surface area contributed by atoms with Gasteiger partial charge in [0.05, 0.1) is 0 Å². The van der Waals surface area contributed by atoms with E-state index in [1.165, 1.54) is 0 Å². The van der Waals surface area contributed by atoms with E-state index < -0.39 is 24.7 Å². The summed E-state index contributed by atoms with van der Waals surface area (Å²) in [5.41, 5.74) is 5.83. The molecule has 0 radical (unpaired) electrons. The lowest BCUT2D eigenvalue weighted by Crippen LogP contribution is -2.42. The molecular formula is C18H29F4N. The molecule has 2 N–H and O–H groups in total. The Labute approximate surface area is 136 Å². The van der Waals surface area contributed by atoms with E-state index in [1.807, 2.05) is 0 Å². The van der Waals surface area contributed by atoms with Crippen LogP contribution in [-0.2, 0) is 0 Å². The predicted octanol–water partition coefficient (Wildman–Crippen LogP) is 4.68. The number of rotatable bonds is 2. The number of alkyl halides is 4. The van der Waals surface area contributed by atoms with Crippen molar-refractivity contribution in [1.82, 2.24) is 0 Å². The van der Waals surface area contributed by atoms with Gasteiger partial charge in [0.1, 0.15) is 18.5 Å². The van der Waals surface area contributed by atoms with Crippen molar-refractivity contribution < 1.29 is 17.6 Å². The third-order valence-electron chi connectivity index (χ3n) is 6.70. The molecule has 0 spiro atoms. The molecule has 134 valence electrons. The summed E-state index contributed by atoms with van der Waals surface area (Å²) >= 11 is 0. The van der Waals surface area contributed by atoms with E-state index in [2.05, 4.69) is 0 Å². The molecule has 0 aromatic heterocycles. The van der Waals surface area contributed by atoms with Crippen LogP contribution in [0.15, 0.2) is 0 Å². The maximum atomic E-state index is 14.3. The lowest BCUT2D eigenvalue weighted by atomic mass is 9.65. The molecule has 5 unspecified atom stereocenters. The van der Waals surface area contributed by atoms with Crippen LogP contribution in [0.1, 0.15) is 57.8 Å². The highest BCUT2D eigenvalue weighted by Crippen LogP contribution is 2.46. The highest BCUT2D eigenvalue weighted by atomic mass is 19.2. The van der Waals surface area contributed by atoms with Crippen LogP contribution in [0.4, 0.5) is 17.6 Å². The van der Waals surface area contributed by atoms with Crippen molar-refractivity contribution in [1.29, 1.82) is 0 Å². The minimum absolute atomic E-state index is 0.00329. The van der Waals surface area contributed by atoms with Gasteiger partial charge in [0.25, 0.3) is 0 Å². The van der Waals surface area contributed by atoms with E-state index in [0.29, 0.717) is 12.3 Å². The fraction of sp³-hybridized carbons (Fsp3) is 1.00. The summed E-state index contributed by atoms with van der Waals surface area (Å²) in [5.74, 6) is 0.724. The maximum Gasteiger partial charge on any atom is 0.162 e. The van der Waals surface area contributed by atoms with Gasteiger partial charge in [0.15, 0.2) is 6.17 Å². The van der Waals surface area contributed by atoms with Crippen LogP contribution in [0.25, 0.3) is 0 Å². The zero-order valence-corrected chi connectivity index (χ0v) is 13.6. The van der Waals surface area contributed by atoms with E-state index in [9.17, 15) is 17.6 Å². The molecule has 3 saturated carbocycles. The molecule has 3 aliphatic carbocycles. The second-order valence-corrected chi connectivity index (χ2v) is 8.14. The quantitative estimate of drug-likeness (QED) is 0.728. The highest BCUT2D eigenvalue weighted by Gasteiger charge is 2.43. The van der Waals surface area contributed by atoms with Crippen molar-refractivity contribution in [3.05, 3.63) is 0 Å². The predicted molar refractivity (Wildman–Crippen MR) is 83.1 cm³/mol. The molecule has 0 aliphatic heterocycles. The number of hydrogen-bond donors (Lipinski definition) is 1. The Morgan fingerprint density at radius 1 is 0.565 bits per heavy atom. The Kier molecular flexibility index (Phi) is 5.54. The summed E-state index contributed by atoms with van der Waals surface area (Å²) in [4.78, 5) is 0. The molecule has 0 heterocycles. The third kappa shape index (κ3) is 3.85. The van der Waals surface area contributed by atoms with Crippen LogP contribution in [0, 0.1) is 23.7 Å². The van der Waals surface area contributed by atoms with Crippen LogP contribution in [-0.4, -0.2) is 30.7 Å². The van der Waals surface area contributed by atoms with E-state index in [4.69, 9.17) is 5.73 Å². The molecule has 23 heavy (non-hydrogen) atoms. The molecule has 0 aromatic rings. The van der Waals surface area contributed by atoms with Gasteiger partial charge in [-0.05, 0) is 81.5 Å². The smallest absolute Gasteiger partial charge is 0.162 e. The first-order chi connectivity index (χ1) is 11.0. The summed E-state index contributed by atoms with van der Waals surface area (Å²) < 4.78 is 54.8. The second-order valence-electron chi connectivity index (χ2n) is 8.14. The summed E-state index contributed by atoms with van der Waals surface area (Å²) in [5, 5.41) is 0. The van der Waals surface area contributed by atoms with Crippen molar-refractivity contribution in [2.24, 2.45) is 29.4 Å². The lowest BCUT2D eigenvalue weighted by molar-refractivity contribution is -0.00971. The van der Waals surface area contributed by atoms with E-state index in [1.54, 1.807) is 0 Å². The number of hydrogen-bond acceptors (Lipinski definition) is 1. The summed E-state index contributed by atoms with van der Waals surface area (Å²) in [6.07, 6.45) is 0.176. The molecule has 1 nitrogen and oxygen atoms in total. The topological polar surface area (TPSA) is 26.0 Å². The minimum atomic E-state index is -1.94. The first-order valence-corrected chi connectivity index (χ1v) is 9.27. The summed E-state index contributed by atoms with van der Waals surface area (Å²) in [6, 6.07) is -0.00329. The molecule has 0 bridgehead atoms. The average Bonchev–Trinajstić information content (AvgIpc) is 2.52. The highest BCUT2D eigenvalue weighted by molar-refractivity contribution is 4.93. The van der Waals surface area contributed by atoms with Crippen LogP contribution in [0.3, 0.4) is 0 Å². The Balaban J connectivity index is 1.50. The number of nitrogens with two attached hydrogens (primary N) is 1. The largest absolute Gasteiger partial charge is 0.328 e. The van der Waals surface area contributed by atoms with Crippen LogP contribution in [0.5, 0.6) is 0 Å². The summed E-state index contributed by atoms with van der Waals surface area (Å²) in [6.45, 7) is 0. The first-order valence-electron chi connectivity index (χ1n) is 9.27. The maximum absolute atomic E-state index is 14.3. The van der Waals surface area contributed by atoms with Crippen molar-refractivity contribution >= 4 is 0 Å². The fourth-order valence-electron chi connectivity index (χ4n) is 5.29. The van der Waals surface area contributed by atoms with Gasteiger partial charge in [-0.3, -0.25) is 0 Å². The van der Waals surface area contributed by atoms with Gasteiger partial charge in [0, 0.05) is 6.04 Å². The molecule has 5 heteroatoms. The zero-order valence-electron chi connectivity index (χ0n) is 13.6. The minimum Gasteiger partial charge on any atom is -0.328 e. The summed E-state index contributed by atoms with van der Waals surface area (Å²) in [7, 11) is 0. The van der Waals surface area contributed by atoms with Gasteiger partial charge >= 0.3 is 0 Å². The molecule has 3 rings (SSSR count). The van der Waals surface area contributed by atoms with Gasteiger partial charge in [-0.1, -0.05) is 0 Å². The Morgan fingerprint density at radius 2 is 1.13 bits per heavy atom. The first kappa shape index (κ1) is 17.5. The van der Waals surface area contributed by atoms with Gasteiger partial charge < -0.3 is 5.73 Å². The van der Waals surface area contributed by atoms with Gasteiger partial charge in [-0.2, -0.15) is 0 Å². The van der Waals surface area contributed by atoms with Crippen molar-refractivity contribution in [3.8, 4) is 0 Å². The Bertz CT molecular complexity index is 373. The van der Waals surface area contributed by atoms with Crippen LogP contribution < -0.4 is 5.73 Å². The molecule has 0 aromatic carbocycles. The molecule has 0 amide bonds. The van der Waals surface area contributed by atoms with Crippen molar-refractivity contribution in [2.45, 2.75) is 88.5 Å². The van der Waals surface area contributed by atoms with E-state index in [0.717, 1.165) is 38.5 Å².